The van der Waals surface area contributed by atoms with E-state index in [1.54, 1.807) is 4.90 Å². The van der Waals surface area contributed by atoms with Crippen LogP contribution in [0.5, 0.6) is 11.5 Å². The highest BCUT2D eigenvalue weighted by Crippen LogP contribution is 2.30. The van der Waals surface area contributed by atoms with Crippen molar-refractivity contribution >= 4 is 31.3 Å². The number of anilines is 1. The van der Waals surface area contributed by atoms with Gasteiger partial charge < -0.3 is 14.5 Å². The third-order valence-corrected chi connectivity index (χ3v) is 8.13. The molecule has 3 aromatic rings. The van der Waals surface area contributed by atoms with E-state index in [1.165, 1.54) is 59.5 Å². The summed E-state index contributed by atoms with van der Waals surface area (Å²) in [4.78, 5) is 16.5. The number of rotatable bonds is 6. The molecule has 1 amide bonds. The van der Waals surface area contributed by atoms with Gasteiger partial charge in [-0.15, -0.1) is 0 Å². The van der Waals surface area contributed by atoms with Crippen LogP contribution in [0.2, 0.25) is 0 Å². The molecule has 0 atom stereocenters. The maximum atomic E-state index is 14.6. The quantitative estimate of drug-likeness (QED) is 0.463. The summed E-state index contributed by atoms with van der Waals surface area (Å²) in [5, 5.41) is 0. The van der Waals surface area contributed by atoms with Gasteiger partial charge in [-0.2, -0.15) is 0 Å². The van der Waals surface area contributed by atoms with Crippen LogP contribution in [0.15, 0.2) is 70.5 Å². The fourth-order valence-corrected chi connectivity index (χ4v) is 5.20. The Labute approximate surface area is 213 Å². The summed E-state index contributed by atoms with van der Waals surface area (Å²) >= 11 is 0. The Morgan fingerprint density at radius 1 is 0.784 bits per heavy atom. The molecule has 4 rings (SSSR count). The Kier molecular flexibility index (Phi) is 7.24. The number of halogens is 2. The van der Waals surface area contributed by atoms with Gasteiger partial charge in [-0.1, -0.05) is 0 Å². The summed E-state index contributed by atoms with van der Waals surface area (Å²) in [6.07, 6.45) is 2.03. The first-order valence-electron chi connectivity index (χ1n) is 11.1. The number of carbonyl (C=O) groups excluding carboxylic acids is 1. The molecular formula is C25H24F2N2O6S2. The van der Waals surface area contributed by atoms with Gasteiger partial charge in [-0.05, 0) is 60.7 Å². The van der Waals surface area contributed by atoms with Gasteiger partial charge in [0.05, 0.1) is 21.0 Å². The predicted octanol–water partition coefficient (Wildman–Crippen LogP) is 3.53. The van der Waals surface area contributed by atoms with E-state index < -0.39 is 37.2 Å². The molecule has 1 heterocycles. The first-order chi connectivity index (χ1) is 17.3. The minimum atomic E-state index is -3.62. The second-order valence-electron chi connectivity index (χ2n) is 8.65. The molecule has 12 heteroatoms. The molecule has 0 saturated carbocycles. The van der Waals surface area contributed by atoms with Crippen molar-refractivity contribution in [3.8, 4) is 11.5 Å². The van der Waals surface area contributed by atoms with E-state index in [0.717, 1.165) is 18.6 Å². The Hall–Kier alpha value is -3.51. The number of ether oxygens (including phenoxy) is 1. The minimum Gasteiger partial charge on any atom is -0.457 e. The van der Waals surface area contributed by atoms with Gasteiger partial charge in [-0.25, -0.2) is 25.6 Å². The third kappa shape index (κ3) is 6.08. The summed E-state index contributed by atoms with van der Waals surface area (Å²) in [7, 11) is -7.17. The number of piperazine rings is 1. The number of hydrogen-bond acceptors (Lipinski definition) is 7. The monoisotopic (exact) mass is 550 g/mol. The van der Waals surface area contributed by atoms with Crippen molar-refractivity contribution in [2.75, 3.05) is 43.6 Å². The van der Waals surface area contributed by atoms with Crippen LogP contribution in [0.1, 0.15) is 10.4 Å². The Bertz CT molecular complexity index is 1550. The Balaban J connectivity index is 1.56. The summed E-state index contributed by atoms with van der Waals surface area (Å²) in [6, 6.07) is 12.8. The normalized spacial score (nSPS) is 14.5. The molecule has 0 bridgehead atoms. The molecule has 196 valence electrons. The Morgan fingerprint density at radius 2 is 1.35 bits per heavy atom. The van der Waals surface area contributed by atoms with Gasteiger partial charge in [0.1, 0.15) is 23.1 Å². The SMILES string of the molecule is CS(=O)(=O)c1ccc(N2CCN(C(=O)c3cc(S(C)(=O)=O)ccc3Oc3ccc(F)cc3)CC2)c(F)c1. The molecule has 1 saturated heterocycles. The second kappa shape index (κ2) is 10.1. The molecule has 37 heavy (non-hydrogen) atoms. The molecule has 1 aliphatic rings. The number of carbonyl (C=O) groups is 1. The topological polar surface area (TPSA) is 101 Å². The van der Waals surface area contributed by atoms with Crippen LogP contribution in [-0.2, 0) is 19.7 Å². The minimum absolute atomic E-state index is 0.0179. The van der Waals surface area contributed by atoms with Crippen LogP contribution in [0.4, 0.5) is 14.5 Å². The lowest BCUT2D eigenvalue weighted by atomic mass is 10.1. The predicted molar refractivity (Wildman–Crippen MR) is 134 cm³/mol. The standard InChI is InChI=1S/C25H24F2N2O6S2/c1-36(31,32)19-8-10-24(35-18-5-3-17(26)4-6-18)21(15-19)25(30)29-13-11-28(12-14-29)23-9-7-20(16-22(23)27)37(2,33)34/h3-10,15-16H,11-14H2,1-2H3. The van der Waals surface area contributed by atoms with Crippen LogP contribution in [0.25, 0.3) is 0 Å². The van der Waals surface area contributed by atoms with Crippen LogP contribution < -0.4 is 9.64 Å². The molecule has 3 aromatic carbocycles. The lowest BCUT2D eigenvalue weighted by molar-refractivity contribution is 0.0743. The van der Waals surface area contributed by atoms with Crippen molar-refractivity contribution < 1.29 is 35.1 Å². The fourth-order valence-electron chi connectivity index (χ4n) is 3.92. The molecule has 0 aromatic heterocycles. The molecule has 1 aliphatic heterocycles. The molecule has 0 unspecified atom stereocenters. The summed E-state index contributed by atoms with van der Waals surface area (Å²) in [6.45, 7) is 0.929. The summed E-state index contributed by atoms with van der Waals surface area (Å²) in [5.74, 6) is -1.25. The van der Waals surface area contributed by atoms with Gasteiger partial charge in [0.2, 0.25) is 0 Å². The first kappa shape index (κ1) is 26.6. The number of amides is 1. The van der Waals surface area contributed by atoms with E-state index in [4.69, 9.17) is 4.74 Å². The van der Waals surface area contributed by atoms with E-state index in [1.807, 2.05) is 0 Å². The van der Waals surface area contributed by atoms with Crippen LogP contribution in [-0.4, -0.2) is 66.3 Å². The fraction of sp³-hybridized carbons (Fsp3) is 0.240. The average molecular weight is 551 g/mol. The zero-order valence-electron chi connectivity index (χ0n) is 20.0. The van der Waals surface area contributed by atoms with E-state index in [0.29, 0.717) is 0 Å². The van der Waals surface area contributed by atoms with Crippen molar-refractivity contribution in [2.24, 2.45) is 0 Å². The maximum absolute atomic E-state index is 14.6. The van der Waals surface area contributed by atoms with Crippen molar-refractivity contribution in [1.82, 2.24) is 4.90 Å². The number of hydrogen-bond donors (Lipinski definition) is 0. The zero-order chi connectivity index (χ0) is 27.0. The Morgan fingerprint density at radius 3 is 1.92 bits per heavy atom. The highest BCUT2D eigenvalue weighted by atomic mass is 32.2. The zero-order valence-corrected chi connectivity index (χ0v) is 21.7. The number of benzene rings is 3. The maximum Gasteiger partial charge on any atom is 0.257 e. The van der Waals surface area contributed by atoms with Crippen molar-refractivity contribution in [3.05, 3.63) is 77.9 Å². The molecule has 0 radical (unpaired) electrons. The molecular weight excluding hydrogens is 526 g/mol. The molecule has 8 nitrogen and oxygen atoms in total. The lowest BCUT2D eigenvalue weighted by Crippen LogP contribution is -2.49. The second-order valence-corrected chi connectivity index (χ2v) is 12.7. The molecule has 0 aliphatic carbocycles. The molecule has 1 fully saturated rings. The average Bonchev–Trinajstić information content (AvgIpc) is 2.84. The van der Waals surface area contributed by atoms with E-state index >= 15 is 0 Å². The van der Waals surface area contributed by atoms with Crippen LogP contribution in [0, 0.1) is 11.6 Å². The van der Waals surface area contributed by atoms with Crippen molar-refractivity contribution in [3.63, 3.8) is 0 Å². The summed E-state index contributed by atoms with van der Waals surface area (Å²) < 4.78 is 81.3. The highest BCUT2D eigenvalue weighted by molar-refractivity contribution is 7.91. The van der Waals surface area contributed by atoms with Crippen molar-refractivity contribution in [2.45, 2.75) is 9.79 Å². The summed E-state index contributed by atoms with van der Waals surface area (Å²) in [5.41, 5.74) is 0.239. The molecule has 0 spiro atoms. The van der Waals surface area contributed by atoms with E-state index in [2.05, 4.69) is 0 Å². The van der Waals surface area contributed by atoms with Gasteiger partial charge in [0, 0.05) is 38.7 Å². The lowest BCUT2D eigenvalue weighted by Gasteiger charge is -2.36. The first-order valence-corrected chi connectivity index (χ1v) is 14.9. The van der Waals surface area contributed by atoms with Crippen LogP contribution >= 0.6 is 0 Å². The number of nitrogens with zero attached hydrogens (tertiary/aromatic N) is 2. The van der Waals surface area contributed by atoms with Gasteiger partial charge in [-0.3, -0.25) is 4.79 Å². The van der Waals surface area contributed by atoms with Crippen LogP contribution in [0.3, 0.4) is 0 Å². The van der Waals surface area contributed by atoms with E-state index in [-0.39, 0.29) is 58.7 Å². The van der Waals surface area contributed by atoms with Gasteiger partial charge in [0.25, 0.3) is 5.91 Å². The van der Waals surface area contributed by atoms with Gasteiger partial charge >= 0.3 is 0 Å². The van der Waals surface area contributed by atoms with Crippen molar-refractivity contribution in [1.29, 1.82) is 0 Å². The van der Waals surface area contributed by atoms with E-state index in [9.17, 15) is 30.4 Å². The molecule has 0 N–H and O–H groups in total. The van der Waals surface area contributed by atoms with Gasteiger partial charge in [0.15, 0.2) is 19.7 Å². The largest absolute Gasteiger partial charge is 0.457 e. The number of sulfone groups is 2. The highest BCUT2D eigenvalue weighted by Gasteiger charge is 2.27. The third-order valence-electron chi connectivity index (χ3n) is 5.91. The smallest absolute Gasteiger partial charge is 0.257 e.